The van der Waals surface area contributed by atoms with Crippen molar-refractivity contribution >= 4 is 5.91 Å². The number of nitrogens with zero attached hydrogens (tertiary/aromatic N) is 1. The molecular weight excluding hydrogens is 306 g/mol. The molecule has 1 N–H and O–H groups in total. The predicted octanol–water partition coefficient (Wildman–Crippen LogP) is 2.27. The molecule has 0 aromatic heterocycles. The summed E-state index contributed by atoms with van der Waals surface area (Å²) < 4.78 is 10.5. The summed E-state index contributed by atoms with van der Waals surface area (Å²) in [6, 6.07) is 15.1. The number of aliphatic hydroxyl groups excluding tert-OH is 1. The summed E-state index contributed by atoms with van der Waals surface area (Å²) in [6.45, 7) is 0.698. The Morgan fingerprint density at radius 3 is 2.46 bits per heavy atom. The van der Waals surface area contributed by atoms with E-state index in [1.807, 2.05) is 36.4 Å². The molecule has 0 heterocycles. The van der Waals surface area contributed by atoms with Crippen molar-refractivity contribution in [1.82, 2.24) is 4.90 Å². The second-order valence-electron chi connectivity index (χ2n) is 5.38. The molecule has 0 unspecified atom stereocenters. The van der Waals surface area contributed by atoms with Gasteiger partial charge in [0.15, 0.2) is 0 Å². The normalized spacial score (nSPS) is 10.3. The third kappa shape index (κ3) is 4.73. The summed E-state index contributed by atoms with van der Waals surface area (Å²) in [7, 11) is 3.15. The van der Waals surface area contributed by atoms with E-state index < -0.39 is 0 Å². The fourth-order valence-corrected chi connectivity index (χ4v) is 2.49. The molecule has 1 amide bonds. The van der Waals surface area contributed by atoms with E-state index in [9.17, 15) is 9.90 Å². The van der Waals surface area contributed by atoms with Crippen molar-refractivity contribution in [3.63, 3.8) is 0 Å². The number of benzene rings is 2. The largest absolute Gasteiger partial charge is 0.497 e. The Kier molecular flexibility index (Phi) is 6.63. The molecule has 2 aromatic rings. The summed E-state index contributed by atoms with van der Waals surface area (Å²) in [4.78, 5) is 14.3. The molecule has 5 heteroatoms. The van der Waals surface area contributed by atoms with Crippen LogP contribution >= 0.6 is 0 Å². The maximum Gasteiger partial charge on any atom is 0.227 e. The van der Waals surface area contributed by atoms with E-state index >= 15 is 0 Å². The highest BCUT2D eigenvalue weighted by Crippen LogP contribution is 2.25. The molecule has 128 valence electrons. The third-order valence-electron chi connectivity index (χ3n) is 3.77. The van der Waals surface area contributed by atoms with Crippen LogP contribution in [0, 0.1) is 0 Å². The first kappa shape index (κ1) is 17.8. The number of hydrogen-bond donors (Lipinski definition) is 1. The maximum atomic E-state index is 12.7. The van der Waals surface area contributed by atoms with Gasteiger partial charge in [-0.05, 0) is 11.6 Å². The lowest BCUT2D eigenvalue weighted by atomic mass is 10.1. The van der Waals surface area contributed by atoms with Crippen LogP contribution in [-0.2, 0) is 17.8 Å². The number of aliphatic hydroxyl groups is 1. The van der Waals surface area contributed by atoms with Gasteiger partial charge in [0.05, 0.1) is 27.2 Å². The van der Waals surface area contributed by atoms with Crippen LogP contribution in [0.4, 0.5) is 0 Å². The number of carbonyl (C=O) groups excluding carboxylic acids is 1. The first-order valence-electron chi connectivity index (χ1n) is 7.81. The zero-order valence-electron chi connectivity index (χ0n) is 14.1. The number of carbonyl (C=O) groups is 1. The van der Waals surface area contributed by atoms with Crippen LogP contribution in [0.2, 0.25) is 0 Å². The second-order valence-corrected chi connectivity index (χ2v) is 5.38. The smallest absolute Gasteiger partial charge is 0.227 e. The highest BCUT2D eigenvalue weighted by Gasteiger charge is 2.16. The summed E-state index contributed by atoms with van der Waals surface area (Å²) in [5, 5.41) is 9.26. The van der Waals surface area contributed by atoms with Gasteiger partial charge >= 0.3 is 0 Å². The van der Waals surface area contributed by atoms with Crippen LogP contribution in [-0.4, -0.2) is 43.3 Å². The Bertz CT molecular complexity index is 658. The molecule has 0 aliphatic carbocycles. The molecule has 0 aliphatic rings. The lowest BCUT2D eigenvalue weighted by Crippen LogP contribution is -2.34. The zero-order valence-corrected chi connectivity index (χ0v) is 14.1. The average molecular weight is 329 g/mol. The number of rotatable bonds is 8. The molecule has 0 radical (unpaired) electrons. The van der Waals surface area contributed by atoms with E-state index in [1.165, 1.54) is 0 Å². The Labute approximate surface area is 142 Å². The Balaban J connectivity index is 2.13. The lowest BCUT2D eigenvalue weighted by molar-refractivity contribution is -0.131. The molecule has 2 aromatic carbocycles. The van der Waals surface area contributed by atoms with Crippen LogP contribution < -0.4 is 9.47 Å². The first-order chi connectivity index (χ1) is 11.7. The quantitative estimate of drug-likeness (QED) is 0.807. The number of methoxy groups -OCH3 is 2. The van der Waals surface area contributed by atoms with Crippen molar-refractivity contribution in [2.24, 2.45) is 0 Å². The van der Waals surface area contributed by atoms with Crippen LogP contribution in [0.25, 0.3) is 0 Å². The zero-order chi connectivity index (χ0) is 17.4. The fraction of sp³-hybridized carbons (Fsp3) is 0.316. The molecule has 0 saturated heterocycles. The second kappa shape index (κ2) is 8.93. The Morgan fingerprint density at radius 2 is 1.83 bits per heavy atom. The van der Waals surface area contributed by atoms with Crippen LogP contribution in [0.5, 0.6) is 11.5 Å². The molecule has 5 nitrogen and oxygen atoms in total. The minimum Gasteiger partial charge on any atom is -0.497 e. The topological polar surface area (TPSA) is 59.0 Å². The maximum absolute atomic E-state index is 12.7. The van der Waals surface area contributed by atoms with Gasteiger partial charge in [-0.25, -0.2) is 0 Å². The van der Waals surface area contributed by atoms with Crippen molar-refractivity contribution in [3.8, 4) is 11.5 Å². The molecule has 24 heavy (non-hydrogen) atoms. The highest BCUT2D eigenvalue weighted by atomic mass is 16.5. The average Bonchev–Trinajstić information content (AvgIpc) is 2.62. The van der Waals surface area contributed by atoms with Crippen molar-refractivity contribution in [3.05, 3.63) is 59.7 Å². The summed E-state index contributed by atoms with van der Waals surface area (Å²) in [6.07, 6.45) is 0.208. The third-order valence-corrected chi connectivity index (χ3v) is 3.77. The van der Waals surface area contributed by atoms with Gasteiger partial charge in [0.25, 0.3) is 0 Å². The number of hydrogen-bond acceptors (Lipinski definition) is 4. The first-order valence-corrected chi connectivity index (χ1v) is 7.81. The molecule has 0 fully saturated rings. The fourth-order valence-electron chi connectivity index (χ4n) is 2.49. The van der Waals surface area contributed by atoms with Crippen molar-refractivity contribution in [1.29, 1.82) is 0 Å². The number of ether oxygens (including phenoxy) is 2. The van der Waals surface area contributed by atoms with E-state index in [0.717, 1.165) is 11.1 Å². The summed E-state index contributed by atoms with van der Waals surface area (Å²) >= 11 is 0. The molecule has 0 aliphatic heterocycles. The van der Waals surface area contributed by atoms with E-state index in [0.29, 0.717) is 24.6 Å². The Hall–Kier alpha value is -2.53. The van der Waals surface area contributed by atoms with E-state index in [1.54, 1.807) is 31.3 Å². The van der Waals surface area contributed by atoms with E-state index in [-0.39, 0.29) is 18.9 Å². The van der Waals surface area contributed by atoms with Gasteiger partial charge in [0, 0.05) is 24.7 Å². The van der Waals surface area contributed by atoms with Crippen LogP contribution in [0.15, 0.2) is 48.5 Å². The monoisotopic (exact) mass is 329 g/mol. The summed E-state index contributed by atoms with van der Waals surface area (Å²) in [5.74, 6) is 1.24. The molecule has 0 saturated carbocycles. The summed E-state index contributed by atoms with van der Waals surface area (Å²) in [5.41, 5.74) is 1.82. The molecule has 0 atom stereocenters. The molecule has 0 spiro atoms. The van der Waals surface area contributed by atoms with Crippen LogP contribution in [0.1, 0.15) is 11.1 Å². The Morgan fingerprint density at radius 1 is 1.08 bits per heavy atom. The van der Waals surface area contributed by atoms with Crippen LogP contribution in [0.3, 0.4) is 0 Å². The van der Waals surface area contributed by atoms with Gasteiger partial charge in [-0.15, -0.1) is 0 Å². The minimum atomic E-state index is -0.0711. The molecule has 2 rings (SSSR count). The van der Waals surface area contributed by atoms with Gasteiger partial charge in [-0.2, -0.15) is 0 Å². The minimum absolute atomic E-state index is 0.0589. The SMILES string of the molecule is COc1ccc(CC(=O)N(CCO)Cc2ccccc2)c(OC)c1. The number of amides is 1. The van der Waals surface area contributed by atoms with Crippen molar-refractivity contribution < 1.29 is 19.4 Å². The molecular formula is C19H23NO4. The predicted molar refractivity (Wildman–Crippen MR) is 92.2 cm³/mol. The highest BCUT2D eigenvalue weighted by molar-refractivity contribution is 5.79. The van der Waals surface area contributed by atoms with E-state index in [2.05, 4.69) is 0 Å². The van der Waals surface area contributed by atoms with E-state index in [4.69, 9.17) is 9.47 Å². The van der Waals surface area contributed by atoms with Gasteiger partial charge in [0.2, 0.25) is 5.91 Å². The van der Waals surface area contributed by atoms with Crippen molar-refractivity contribution in [2.75, 3.05) is 27.4 Å². The van der Waals surface area contributed by atoms with Gasteiger partial charge in [0.1, 0.15) is 11.5 Å². The van der Waals surface area contributed by atoms with Gasteiger partial charge in [-0.3, -0.25) is 4.79 Å². The van der Waals surface area contributed by atoms with Gasteiger partial charge < -0.3 is 19.5 Å². The lowest BCUT2D eigenvalue weighted by Gasteiger charge is -2.22. The standard InChI is InChI=1S/C19H23NO4/c1-23-17-9-8-16(18(13-17)24-2)12-19(22)20(10-11-21)14-15-6-4-3-5-7-15/h3-9,13,21H,10-12,14H2,1-2H3. The van der Waals surface area contributed by atoms with Gasteiger partial charge in [-0.1, -0.05) is 36.4 Å². The molecule has 0 bridgehead atoms. The van der Waals surface area contributed by atoms with Crippen molar-refractivity contribution in [2.45, 2.75) is 13.0 Å².